The minimum atomic E-state index is -1.29. The zero-order valence-corrected chi connectivity index (χ0v) is 8.27. The first-order chi connectivity index (χ1) is 6.97. The van der Waals surface area contributed by atoms with Crippen molar-refractivity contribution in [2.24, 2.45) is 0 Å². The minimum absolute atomic E-state index is 0.102. The van der Waals surface area contributed by atoms with Crippen LogP contribution in [0.5, 0.6) is 5.75 Å². The van der Waals surface area contributed by atoms with Crippen LogP contribution in [0.3, 0.4) is 0 Å². The third-order valence-corrected chi connectivity index (χ3v) is 1.95. The van der Waals surface area contributed by atoms with Gasteiger partial charge in [0.15, 0.2) is 0 Å². The molecule has 0 radical (unpaired) electrons. The molecule has 1 aromatic carbocycles. The molecule has 0 atom stereocenters. The number of benzene rings is 1. The predicted octanol–water partition coefficient (Wildman–Crippen LogP) is -0.865. The van der Waals surface area contributed by atoms with Gasteiger partial charge in [0.2, 0.25) is 0 Å². The molecular formula is C9H9BO5. The standard InChI is InChI=1S/C9H9BO5/c1-15-9(14)4-2-5(8(12)13)7(11)6(10)3-4/h2-3,11H,10H2,1H3,(H,12,13). The Morgan fingerprint density at radius 3 is 2.47 bits per heavy atom. The number of carbonyl (C=O) groups excluding carboxylic acids is 1. The van der Waals surface area contributed by atoms with Crippen LogP contribution in [0.15, 0.2) is 12.1 Å². The number of rotatable bonds is 2. The first-order valence-corrected chi connectivity index (χ1v) is 4.12. The van der Waals surface area contributed by atoms with Gasteiger partial charge in [-0.1, -0.05) is 6.07 Å². The number of ether oxygens (including phenoxy) is 1. The molecule has 0 spiro atoms. The molecule has 78 valence electrons. The molecule has 0 amide bonds. The van der Waals surface area contributed by atoms with Gasteiger partial charge >= 0.3 is 11.9 Å². The second-order valence-electron chi connectivity index (χ2n) is 2.99. The fraction of sp³-hybridized carbons (Fsp3) is 0.111. The molecule has 0 unspecified atom stereocenters. The normalized spacial score (nSPS) is 9.67. The van der Waals surface area contributed by atoms with Gasteiger partial charge < -0.3 is 14.9 Å². The lowest BCUT2D eigenvalue weighted by molar-refractivity contribution is 0.0601. The maximum atomic E-state index is 11.2. The third-order valence-electron chi connectivity index (χ3n) is 1.95. The van der Waals surface area contributed by atoms with Crippen molar-refractivity contribution in [3.63, 3.8) is 0 Å². The SMILES string of the molecule is Bc1cc(C(=O)OC)cc(C(=O)O)c1O. The molecular weight excluding hydrogens is 199 g/mol. The Balaban J connectivity index is 3.35. The quantitative estimate of drug-likeness (QED) is 0.487. The van der Waals surface area contributed by atoms with Gasteiger partial charge in [-0.15, -0.1) is 0 Å². The summed E-state index contributed by atoms with van der Waals surface area (Å²) < 4.78 is 4.45. The number of carboxylic acid groups (broad SMARTS) is 1. The summed E-state index contributed by atoms with van der Waals surface area (Å²) in [4.78, 5) is 21.9. The number of esters is 1. The van der Waals surface area contributed by atoms with Crippen LogP contribution in [0.1, 0.15) is 20.7 Å². The second-order valence-corrected chi connectivity index (χ2v) is 2.99. The van der Waals surface area contributed by atoms with E-state index in [2.05, 4.69) is 4.74 Å². The summed E-state index contributed by atoms with van der Waals surface area (Å²) in [5, 5.41) is 18.2. The molecule has 1 rings (SSSR count). The van der Waals surface area contributed by atoms with Crippen LogP contribution in [0, 0.1) is 0 Å². The first-order valence-electron chi connectivity index (χ1n) is 4.12. The lowest BCUT2D eigenvalue weighted by atomic mass is 9.90. The number of phenols is 1. The van der Waals surface area contributed by atoms with Crippen molar-refractivity contribution in [1.29, 1.82) is 0 Å². The number of aromatic hydroxyl groups is 1. The van der Waals surface area contributed by atoms with E-state index in [4.69, 9.17) is 5.11 Å². The highest BCUT2D eigenvalue weighted by molar-refractivity contribution is 6.35. The summed E-state index contributed by atoms with van der Waals surface area (Å²) in [5.41, 5.74) is 0.107. The molecule has 0 aromatic heterocycles. The maximum Gasteiger partial charge on any atom is 0.339 e. The molecule has 0 saturated heterocycles. The lowest BCUT2D eigenvalue weighted by Gasteiger charge is -2.06. The average Bonchev–Trinajstić information content (AvgIpc) is 2.20. The van der Waals surface area contributed by atoms with Crippen molar-refractivity contribution < 1.29 is 24.5 Å². The second kappa shape index (κ2) is 4.04. The van der Waals surface area contributed by atoms with Crippen molar-refractivity contribution in [3.8, 4) is 5.75 Å². The fourth-order valence-electron chi connectivity index (χ4n) is 1.18. The van der Waals surface area contributed by atoms with Crippen LogP contribution >= 0.6 is 0 Å². The Kier molecular flexibility index (Phi) is 2.99. The summed E-state index contributed by atoms with van der Waals surface area (Å²) in [7, 11) is 2.71. The van der Waals surface area contributed by atoms with Crippen LogP contribution in [0.25, 0.3) is 0 Å². The number of aromatic carboxylic acids is 1. The maximum absolute atomic E-state index is 11.2. The molecule has 0 aliphatic carbocycles. The fourth-order valence-corrected chi connectivity index (χ4v) is 1.18. The summed E-state index contributed by atoms with van der Waals surface area (Å²) in [5.74, 6) is -2.27. The largest absolute Gasteiger partial charge is 0.508 e. The van der Waals surface area contributed by atoms with E-state index in [9.17, 15) is 14.7 Å². The zero-order valence-electron chi connectivity index (χ0n) is 8.27. The summed E-state index contributed by atoms with van der Waals surface area (Å²) in [6, 6.07) is 2.45. The Morgan fingerprint density at radius 2 is 2.00 bits per heavy atom. The Morgan fingerprint density at radius 1 is 1.40 bits per heavy atom. The molecule has 0 fully saturated rings. The van der Waals surface area contributed by atoms with E-state index >= 15 is 0 Å². The van der Waals surface area contributed by atoms with Crippen LogP contribution < -0.4 is 5.46 Å². The van der Waals surface area contributed by atoms with E-state index in [-0.39, 0.29) is 16.9 Å². The molecule has 5 nitrogen and oxygen atoms in total. The van der Waals surface area contributed by atoms with Crippen LogP contribution in [-0.4, -0.2) is 37.1 Å². The molecule has 0 saturated carbocycles. The third kappa shape index (κ3) is 2.09. The lowest BCUT2D eigenvalue weighted by Crippen LogP contribution is -2.14. The molecule has 0 heterocycles. The van der Waals surface area contributed by atoms with E-state index in [1.54, 1.807) is 0 Å². The molecule has 2 N–H and O–H groups in total. The Bertz CT molecular complexity index is 427. The van der Waals surface area contributed by atoms with Gasteiger partial charge in [-0.3, -0.25) is 0 Å². The van der Waals surface area contributed by atoms with Crippen LogP contribution in [-0.2, 0) is 4.74 Å². The van der Waals surface area contributed by atoms with Gasteiger partial charge in [-0.25, -0.2) is 9.59 Å². The van der Waals surface area contributed by atoms with E-state index in [0.29, 0.717) is 5.46 Å². The van der Waals surface area contributed by atoms with E-state index in [1.807, 2.05) is 0 Å². The average molecular weight is 208 g/mol. The van der Waals surface area contributed by atoms with Crippen molar-refractivity contribution >= 4 is 25.2 Å². The van der Waals surface area contributed by atoms with E-state index in [1.165, 1.54) is 21.0 Å². The highest BCUT2D eigenvalue weighted by Gasteiger charge is 2.16. The van der Waals surface area contributed by atoms with E-state index < -0.39 is 11.9 Å². The zero-order chi connectivity index (χ0) is 11.6. The number of carboxylic acids is 1. The molecule has 15 heavy (non-hydrogen) atoms. The summed E-state index contributed by atoms with van der Waals surface area (Å²) in [6.07, 6.45) is 0. The van der Waals surface area contributed by atoms with E-state index in [0.717, 1.165) is 6.07 Å². The minimum Gasteiger partial charge on any atom is -0.508 e. The van der Waals surface area contributed by atoms with Crippen LogP contribution in [0.4, 0.5) is 0 Å². The smallest absolute Gasteiger partial charge is 0.339 e. The first kappa shape index (κ1) is 11.1. The van der Waals surface area contributed by atoms with Gasteiger partial charge in [-0.2, -0.15) is 0 Å². The Hall–Kier alpha value is -1.98. The summed E-state index contributed by atoms with van der Waals surface area (Å²) >= 11 is 0. The highest BCUT2D eigenvalue weighted by atomic mass is 16.5. The number of methoxy groups -OCH3 is 1. The number of hydrogen-bond acceptors (Lipinski definition) is 4. The number of carbonyl (C=O) groups is 2. The van der Waals surface area contributed by atoms with Gasteiger partial charge in [0.25, 0.3) is 0 Å². The van der Waals surface area contributed by atoms with Gasteiger partial charge in [0.1, 0.15) is 19.2 Å². The monoisotopic (exact) mass is 208 g/mol. The topological polar surface area (TPSA) is 83.8 Å². The van der Waals surface area contributed by atoms with Crippen molar-refractivity contribution in [1.82, 2.24) is 0 Å². The molecule has 0 aliphatic heterocycles. The molecule has 0 bridgehead atoms. The van der Waals surface area contributed by atoms with Crippen molar-refractivity contribution in [3.05, 3.63) is 23.3 Å². The van der Waals surface area contributed by atoms with Gasteiger partial charge in [0.05, 0.1) is 12.7 Å². The van der Waals surface area contributed by atoms with Crippen molar-refractivity contribution in [2.75, 3.05) is 7.11 Å². The molecule has 1 aromatic rings. The molecule has 6 heteroatoms. The number of hydrogen-bond donors (Lipinski definition) is 2. The molecule has 0 aliphatic rings. The highest BCUT2D eigenvalue weighted by Crippen LogP contribution is 2.16. The van der Waals surface area contributed by atoms with Gasteiger partial charge in [0, 0.05) is 0 Å². The Labute approximate surface area is 86.7 Å². The van der Waals surface area contributed by atoms with Crippen LogP contribution in [0.2, 0.25) is 0 Å². The van der Waals surface area contributed by atoms with Crippen molar-refractivity contribution in [2.45, 2.75) is 0 Å². The van der Waals surface area contributed by atoms with Gasteiger partial charge in [-0.05, 0) is 11.5 Å². The predicted molar refractivity (Wildman–Crippen MR) is 54.6 cm³/mol. The summed E-state index contributed by atoms with van der Waals surface area (Å²) in [6.45, 7) is 0.